The van der Waals surface area contributed by atoms with Gasteiger partial charge in [-0.25, -0.2) is 0 Å². The van der Waals surface area contributed by atoms with Crippen LogP contribution in [0.15, 0.2) is 28.4 Å². The van der Waals surface area contributed by atoms with E-state index < -0.39 is 22.0 Å². The summed E-state index contributed by atoms with van der Waals surface area (Å²) in [7, 11) is 0. The lowest BCUT2D eigenvalue weighted by Gasteiger charge is -1.98. The molecule has 9 nitrogen and oxygen atoms in total. The van der Waals surface area contributed by atoms with Gasteiger partial charge in [0.1, 0.15) is 5.25 Å². The minimum atomic E-state index is -1.08. The van der Waals surface area contributed by atoms with Gasteiger partial charge in [0.05, 0.1) is 21.1 Å². The molecule has 1 heterocycles. The molecular formula is C12H9IN4O5S. The Balaban J connectivity index is 2.07. The summed E-state index contributed by atoms with van der Waals surface area (Å²) in [4.78, 5) is 32.5. The SMILES string of the molecule is O=C(O)CC1SC(=NN=Cc2ccc(I)c([N+](=O)[O-])c2)NC1=O. The van der Waals surface area contributed by atoms with Gasteiger partial charge in [-0.3, -0.25) is 19.7 Å². The second-order valence-corrected chi connectivity index (χ2v) is 6.66. The van der Waals surface area contributed by atoms with Crippen LogP contribution < -0.4 is 5.32 Å². The molecule has 1 amide bonds. The van der Waals surface area contributed by atoms with Crippen LogP contribution in [0.3, 0.4) is 0 Å². The highest BCUT2D eigenvalue weighted by atomic mass is 127. The van der Waals surface area contributed by atoms with Crippen LogP contribution >= 0.6 is 34.4 Å². The minimum absolute atomic E-state index is 0.0349. The molecule has 11 heteroatoms. The van der Waals surface area contributed by atoms with Gasteiger partial charge in [-0.1, -0.05) is 17.8 Å². The van der Waals surface area contributed by atoms with E-state index in [2.05, 4.69) is 15.5 Å². The normalized spacial score (nSPS) is 19.3. The number of nitro groups is 1. The van der Waals surface area contributed by atoms with E-state index in [0.717, 1.165) is 11.8 Å². The van der Waals surface area contributed by atoms with E-state index in [4.69, 9.17) is 5.11 Å². The van der Waals surface area contributed by atoms with Crippen LogP contribution in [0.4, 0.5) is 5.69 Å². The molecule has 1 aliphatic heterocycles. The van der Waals surface area contributed by atoms with Crippen LogP contribution in [0.2, 0.25) is 0 Å². The predicted molar refractivity (Wildman–Crippen MR) is 92.6 cm³/mol. The predicted octanol–water partition coefficient (Wildman–Crippen LogP) is 1.60. The van der Waals surface area contributed by atoms with E-state index in [0.29, 0.717) is 9.13 Å². The minimum Gasteiger partial charge on any atom is -0.481 e. The van der Waals surface area contributed by atoms with Crippen LogP contribution in [0.5, 0.6) is 0 Å². The second-order valence-electron chi connectivity index (χ2n) is 4.31. The maximum atomic E-state index is 11.5. The number of benzene rings is 1. The highest BCUT2D eigenvalue weighted by Crippen LogP contribution is 2.23. The molecule has 0 spiro atoms. The zero-order valence-corrected chi connectivity index (χ0v) is 14.3. The van der Waals surface area contributed by atoms with Crippen molar-refractivity contribution in [2.75, 3.05) is 0 Å². The van der Waals surface area contributed by atoms with E-state index in [9.17, 15) is 19.7 Å². The van der Waals surface area contributed by atoms with E-state index in [1.807, 2.05) is 22.6 Å². The number of carboxylic acid groups (broad SMARTS) is 1. The first-order valence-corrected chi connectivity index (χ1v) is 8.07. The van der Waals surface area contributed by atoms with Crippen LogP contribution in [0, 0.1) is 13.7 Å². The summed E-state index contributed by atoms with van der Waals surface area (Å²) in [6.45, 7) is 0. The van der Waals surface area contributed by atoms with E-state index in [-0.39, 0.29) is 17.3 Å². The maximum absolute atomic E-state index is 11.5. The number of hydrogen-bond acceptors (Lipinski definition) is 7. The number of nitrogens with one attached hydrogen (secondary N) is 1. The number of amidine groups is 1. The molecule has 1 unspecified atom stereocenters. The largest absolute Gasteiger partial charge is 0.481 e. The summed E-state index contributed by atoms with van der Waals surface area (Å²) in [5, 5.41) is 28.9. The smallest absolute Gasteiger partial charge is 0.305 e. The third-order valence-corrected chi connectivity index (χ3v) is 4.64. The number of carboxylic acids is 1. The molecule has 120 valence electrons. The molecule has 1 saturated heterocycles. The van der Waals surface area contributed by atoms with Crippen molar-refractivity contribution in [1.29, 1.82) is 0 Å². The Morgan fingerprint density at radius 2 is 2.30 bits per heavy atom. The van der Waals surface area contributed by atoms with Gasteiger partial charge < -0.3 is 10.4 Å². The fourth-order valence-corrected chi connectivity index (χ4v) is 3.09. The molecule has 1 fully saturated rings. The molecule has 23 heavy (non-hydrogen) atoms. The van der Waals surface area contributed by atoms with Crippen molar-refractivity contribution in [2.24, 2.45) is 10.2 Å². The molecular weight excluding hydrogens is 439 g/mol. The number of thioether (sulfide) groups is 1. The average Bonchev–Trinajstić information content (AvgIpc) is 2.80. The highest BCUT2D eigenvalue weighted by molar-refractivity contribution is 14.1. The Hall–Kier alpha value is -2.02. The quantitative estimate of drug-likeness (QED) is 0.304. The number of nitro benzene ring substituents is 1. The zero-order valence-electron chi connectivity index (χ0n) is 11.3. The van der Waals surface area contributed by atoms with E-state index in [1.54, 1.807) is 12.1 Å². The van der Waals surface area contributed by atoms with E-state index >= 15 is 0 Å². The Bertz CT molecular complexity index is 736. The Labute approximate surface area is 147 Å². The number of aliphatic carboxylic acids is 1. The number of rotatable bonds is 5. The third-order valence-electron chi connectivity index (χ3n) is 2.66. The van der Waals surface area contributed by atoms with Gasteiger partial charge in [0, 0.05) is 11.6 Å². The number of halogens is 1. The van der Waals surface area contributed by atoms with Crippen molar-refractivity contribution >= 4 is 63.3 Å². The zero-order chi connectivity index (χ0) is 17.0. The lowest BCUT2D eigenvalue weighted by molar-refractivity contribution is -0.385. The third kappa shape index (κ3) is 4.72. The number of carbonyl (C=O) groups excluding carboxylic acids is 1. The van der Waals surface area contributed by atoms with Gasteiger partial charge in [-0.05, 0) is 28.7 Å². The van der Waals surface area contributed by atoms with E-state index in [1.165, 1.54) is 12.3 Å². The Kier molecular flexibility index (Phi) is 5.65. The Morgan fingerprint density at radius 1 is 1.57 bits per heavy atom. The number of amides is 1. The highest BCUT2D eigenvalue weighted by Gasteiger charge is 2.32. The van der Waals surface area contributed by atoms with Gasteiger partial charge in [-0.15, -0.1) is 5.10 Å². The van der Waals surface area contributed by atoms with Crippen LogP contribution in [0.1, 0.15) is 12.0 Å². The van der Waals surface area contributed by atoms with Gasteiger partial charge in [0.15, 0.2) is 5.17 Å². The van der Waals surface area contributed by atoms with Crippen LogP contribution in [-0.2, 0) is 9.59 Å². The molecule has 0 saturated carbocycles. The van der Waals surface area contributed by atoms with Crippen LogP contribution in [0.25, 0.3) is 0 Å². The fraction of sp³-hybridized carbons (Fsp3) is 0.167. The number of carbonyl (C=O) groups is 2. The van der Waals surface area contributed by atoms with Gasteiger partial charge in [-0.2, -0.15) is 5.10 Å². The van der Waals surface area contributed by atoms with Crippen molar-refractivity contribution in [2.45, 2.75) is 11.7 Å². The molecule has 2 rings (SSSR count). The average molecular weight is 448 g/mol. The van der Waals surface area contributed by atoms with Gasteiger partial charge in [0.2, 0.25) is 5.91 Å². The fourth-order valence-electron chi connectivity index (χ4n) is 1.64. The summed E-state index contributed by atoms with van der Waals surface area (Å²) in [5.41, 5.74) is 0.449. The van der Waals surface area contributed by atoms with Crippen molar-refractivity contribution < 1.29 is 19.6 Å². The lowest BCUT2D eigenvalue weighted by atomic mass is 10.2. The number of nitrogens with zero attached hydrogens (tertiary/aromatic N) is 3. The van der Waals surface area contributed by atoms with Crippen molar-refractivity contribution in [1.82, 2.24) is 5.32 Å². The maximum Gasteiger partial charge on any atom is 0.305 e. The Morgan fingerprint density at radius 3 is 2.96 bits per heavy atom. The number of hydrogen-bond donors (Lipinski definition) is 2. The first-order chi connectivity index (χ1) is 10.9. The first kappa shape index (κ1) is 17.3. The second kappa shape index (κ2) is 7.50. The molecule has 0 radical (unpaired) electrons. The molecule has 1 atom stereocenters. The van der Waals surface area contributed by atoms with Crippen molar-refractivity contribution in [3.63, 3.8) is 0 Å². The summed E-state index contributed by atoms with van der Waals surface area (Å²) in [5.74, 6) is -1.51. The monoisotopic (exact) mass is 448 g/mol. The molecule has 0 bridgehead atoms. The first-order valence-electron chi connectivity index (χ1n) is 6.11. The van der Waals surface area contributed by atoms with Crippen LogP contribution in [-0.4, -0.2) is 38.5 Å². The summed E-state index contributed by atoms with van der Waals surface area (Å²) < 4.78 is 0.506. The van der Waals surface area contributed by atoms with Crippen molar-refractivity contribution in [3.8, 4) is 0 Å². The van der Waals surface area contributed by atoms with Crippen molar-refractivity contribution in [3.05, 3.63) is 37.4 Å². The van der Waals surface area contributed by atoms with Gasteiger partial charge >= 0.3 is 5.97 Å². The summed E-state index contributed by atoms with van der Waals surface area (Å²) >= 11 is 2.84. The topological polar surface area (TPSA) is 134 Å². The standard InChI is InChI=1S/C12H9IN4O5S/c13-7-2-1-6(3-8(7)17(21)22)5-14-16-12-15-11(20)9(23-12)4-10(18)19/h1-3,5,9H,4H2,(H,18,19)(H,15,16,20). The summed E-state index contributed by atoms with van der Waals surface area (Å²) in [6.07, 6.45) is 1.01. The summed E-state index contributed by atoms with van der Waals surface area (Å²) in [6, 6.07) is 4.59. The molecule has 1 aromatic rings. The lowest BCUT2D eigenvalue weighted by Crippen LogP contribution is -2.26. The molecule has 0 aromatic heterocycles. The molecule has 0 aliphatic carbocycles. The molecule has 1 aromatic carbocycles. The molecule has 1 aliphatic rings. The van der Waals surface area contributed by atoms with Gasteiger partial charge in [0.25, 0.3) is 5.69 Å². The molecule has 2 N–H and O–H groups in total.